The summed E-state index contributed by atoms with van der Waals surface area (Å²) in [6, 6.07) is 0. The molecule has 0 aliphatic heterocycles. The fourth-order valence-corrected chi connectivity index (χ4v) is 0.722. The SMILES string of the molecule is CC(C)=C/C(C)=N\NC(=O)C(C)C. The van der Waals surface area contributed by atoms with Gasteiger partial charge in [0.2, 0.25) is 5.91 Å². The number of rotatable bonds is 3. The van der Waals surface area contributed by atoms with Gasteiger partial charge in [0, 0.05) is 5.92 Å². The molecule has 0 aromatic carbocycles. The minimum Gasteiger partial charge on any atom is -0.273 e. The van der Waals surface area contributed by atoms with Crippen LogP contribution in [0.1, 0.15) is 34.6 Å². The Hall–Kier alpha value is -1.12. The summed E-state index contributed by atoms with van der Waals surface area (Å²) in [6.45, 7) is 9.50. The maximum absolute atomic E-state index is 11.1. The van der Waals surface area contributed by atoms with Gasteiger partial charge in [0.25, 0.3) is 0 Å². The summed E-state index contributed by atoms with van der Waals surface area (Å²) in [5.74, 6) is -0.0789. The zero-order chi connectivity index (χ0) is 10.4. The lowest BCUT2D eigenvalue weighted by Crippen LogP contribution is -2.23. The van der Waals surface area contributed by atoms with Crippen LogP contribution in [0.2, 0.25) is 0 Å². The van der Waals surface area contributed by atoms with Gasteiger partial charge in [-0.05, 0) is 26.8 Å². The Bertz CT molecular complexity index is 235. The number of allylic oxidation sites excluding steroid dienone is 2. The van der Waals surface area contributed by atoms with Gasteiger partial charge in [-0.15, -0.1) is 0 Å². The third-order valence-corrected chi connectivity index (χ3v) is 1.36. The standard InChI is InChI=1S/C10H18N2O/c1-7(2)6-9(5)11-12-10(13)8(3)4/h6,8H,1-5H3,(H,12,13)/b11-9-. The van der Waals surface area contributed by atoms with Crippen molar-refractivity contribution in [2.75, 3.05) is 0 Å². The molecule has 0 saturated heterocycles. The van der Waals surface area contributed by atoms with Crippen LogP contribution in [0.4, 0.5) is 0 Å². The first kappa shape index (κ1) is 11.9. The van der Waals surface area contributed by atoms with E-state index >= 15 is 0 Å². The number of carbonyl (C=O) groups excluding carboxylic acids is 1. The van der Waals surface area contributed by atoms with Crippen molar-refractivity contribution in [1.82, 2.24) is 5.43 Å². The average Bonchev–Trinajstić information content (AvgIpc) is 1.98. The van der Waals surface area contributed by atoms with Gasteiger partial charge in [-0.25, -0.2) is 5.43 Å². The highest BCUT2D eigenvalue weighted by molar-refractivity contribution is 5.94. The topological polar surface area (TPSA) is 41.5 Å². The van der Waals surface area contributed by atoms with Crippen LogP contribution in [0.25, 0.3) is 0 Å². The summed E-state index contributed by atoms with van der Waals surface area (Å²) in [6.07, 6.45) is 1.92. The molecule has 0 fully saturated rings. The van der Waals surface area contributed by atoms with Crippen molar-refractivity contribution >= 4 is 11.6 Å². The molecule has 1 N–H and O–H groups in total. The zero-order valence-electron chi connectivity index (χ0n) is 9.01. The molecule has 0 spiro atoms. The van der Waals surface area contributed by atoms with E-state index in [0.29, 0.717) is 0 Å². The monoisotopic (exact) mass is 182 g/mol. The van der Waals surface area contributed by atoms with Gasteiger partial charge in [0.05, 0.1) is 5.71 Å². The van der Waals surface area contributed by atoms with Crippen molar-refractivity contribution in [2.24, 2.45) is 11.0 Å². The second-order valence-corrected chi connectivity index (χ2v) is 3.61. The van der Waals surface area contributed by atoms with Crippen LogP contribution < -0.4 is 5.43 Å². The zero-order valence-corrected chi connectivity index (χ0v) is 9.01. The summed E-state index contributed by atoms with van der Waals surface area (Å²) >= 11 is 0. The molecule has 3 heteroatoms. The molecule has 0 aliphatic carbocycles. The molecule has 0 aromatic rings. The number of amides is 1. The Morgan fingerprint density at radius 3 is 2.23 bits per heavy atom. The first-order valence-corrected chi connectivity index (χ1v) is 4.42. The number of nitrogens with zero attached hydrogens (tertiary/aromatic N) is 1. The molecule has 1 amide bonds. The fourth-order valence-electron chi connectivity index (χ4n) is 0.722. The highest BCUT2D eigenvalue weighted by atomic mass is 16.2. The smallest absolute Gasteiger partial charge is 0.242 e. The van der Waals surface area contributed by atoms with E-state index in [9.17, 15) is 4.79 Å². The predicted molar refractivity (Wildman–Crippen MR) is 55.5 cm³/mol. The van der Waals surface area contributed by atoms with Gasteiger partial charge in [-0.2, -0.15) is 5.10 Å². The number of hydrazone groups is 1. The third-order valence-electron chi connectivity index (χ3n) is 1.36. The van der Waals surface area contributed by atoms with Crippen LogP contribution in [0.3, 0.4) is 0 Å². The molecule has 0 aromatic heterocycles. The van der Waals surface area contributed by atoms with Crippen molar-refractivity contribution < 1.29 is 4.79 Å². The van der Waals surface area contributed by atoms with Crippen LogP contribution in [0.5, 0.6) is 0 Å². The van der Waals surface area contributed by atoms with Gasteiger partial charge in [-0.3, -0.25) is 4.79 Å². The van der Waals surface area contributed by atoms with E-state index in [4.69, 9.17) is 0 Å². The lowest BCUT2D eigenvalue weighted by molar-refractivity contribution is -0.123. The van der Waals surface area contributed by atoms with Gasteiger partial charge < -0.3 is 0 Å². The molecule has 13 heavy (non-hydrogen) atoms. The fraction of sp³-hybridized carbons (Fsp3) is 0.600. The Kier molecular flexibility index (Phi) is 5.04. The van der Waals surface area contributed by atoms with E-state index in [0.717, 1.165) is 5.71 Å². The maximum atomic E-state index is 11.1. The first-order valence-electron chi connectivity index (χ1n) is 4.42. The van der Waals surface area contributed by atoms with Crippen LogP contribution in [0, 0.1) is 5.92 Å². The Morgan fingerprint density at radius 2 is 1.85 bits per heavy atom. The van der Waals surface area contributed by atoms with E-state index in [1.165, 1.54) is 5.57 Å². The van der Waals surface area contributed by atoms with Crippen molar-refractivity contribution in [3.63, 3.8) is 0 Å². The molecular formula is C10H18N2O. The molecule has 0 bridgehead atoms. The van der Waals surface area contributed by atoms with E-state index in [-0.39, 0.29) is 11.8 Å². The van der Waals surface area contributed by atoms with Gasteiger partial charge in [0.1, 0.15) is 0 Å². The van der Waals surface area contributed by atoms with E-state index in [2.05, 4.69) is 10.5 Å². The second kappa shape index (κ2) is 5.51. The second-order valence-electron chi connectivity index (χ2n) is 3.61. The largest absolute Gasteiger partial charge is 0.273 e. The number of hydrogen-bond donors (Lipinski definition) is 1. The Labute approximate surface area is 79.9 Å². The molecule has 74 valence electrons. The minimum atomic E-state index is -0.0542. The van der Waals surface area contributed by atoms with Crippen molar-refractivity contribution in [3.05, 3.63) is 11.6 Å². The summed E-state index contributed by atoms with van der Waals surface area (Å²) in [5.41, 5.74) is 4.47. The number of hydrogen-bond acceptors (Lipinski definition) is 2. The van der Waals surface area contributed by atoms with Gasteiger partial charge >= 0.3 is 0 Å². The first-order chi connectivity index (χ1) is 5.93. The normalized spacial score (nSPS) is 11.4. The summed E-state index contributed by atoms with van der Waals surface area (Å²) in [4.78, 5) is 11.1. The van der Waals surface area contributed by atoms with E-state index in [1.54, 1.807) is 0 Å². The van der Waals surface area contributed by atoms with Crippen molar-refractivity contribution in [2.45, 2.75) is 34.6 Å². The van der Waals surface area contributed by atoms with E-state index < -0.39 is 0 Å². The molecule has 0 rings (SSSR count). The lowest BCUT2D eigenvalue weighted by Gasteiger charge is -2.02. The molecule has 0 radical (unpaired) electrons. The third kappa shape index (κ3) is 6.08. The molecule has 3 nitrogen and oxygen atoms in total. The molecule has 0 aliphatic rings. The van der Waals surface area contributed by atoms with Crippen LogP contribution in [-0.2, 0) is 4.79 Å². The maximum Gasteiger partial charge on any atom is 0.242 e. The lowest BCUT2D eigenvalue weighted by atomic mass is 10.2. The molecule has 0 atom stereocenters. The average molecular weight is 182 g/mol. The van der Waals surface area contributed by atoms with Crippen LogP contribution >= 0.6 is 0 Å². The van der Waals surface area contributed by atoms with Crippen molar-refractivity contribution in [1.29, 1.82) is 0 Å². The summed E-state index contributed by atoms with van der Waals surface area (Å²) in [7, 11) is 0. The van der Waals surface area contributed by atoms with Gasteiger partial charge in [-0.1, -0.05) is 19.4 Å². The minimum absolute atomic E-state index is 0.0248. The summed E-state index contributed by atoms with van der Waals surface area (Å²) in [5, 5.41) is 3.93. The summed E-state index contributed by atoms with van der Waals surface area (Å²) < 4.78 is 0. The number of carbonyl (C=O) groups is 1. The molecule has 0 heterocycles. The van der Waals surface area contributed by atoms with Crippen LogP contribution in [0.15, 0.2) is 16.8 Å². The quantitative estimate of drug-likeness (QED) is 0.527. The Morgan fingerprint density at radius 1 is 1.31 bits per heavy atom. The van der Waals surface area contributed by atoms with E-state index in [1.807, 2.05) is 40.7 Å². The highest BCUT2D eigenvalue weighted by Crippen LogP contribution is 1.92. The van der Waals surface area contributed by atoms with Gasteiger partial charge in [0.15, 0.2) is 0 Å². The van der Waals surface area contributed by atoms with Crippen LogP contribution in [-0.4, -0.2) is 11.6 Å². The Balaban J connectivity index is 4.13. The number of nitrogens with one attached hydrogen (secondary N) is 1. The van der Waals surface area contributed by atoms with Crippen molar-refractivity contribution in [3.8, 4) is 0 Å². The predicted octanol–water partition coefficient (Wildman–Crippen LogP) is 2.10. The highest BCUT2D eigenvalue weighted by Gasteiger charge is 2.03. The molecule has 0 unspecified atom stereocenters. The molecular weight excluding hydrogens is 164 g/mol. The molecule has 0 saturated carbocycles.